The second-order valence-electron chi connectivity index (χ2n) is 4.76. The highest BCUT2D eigenvalue weighted by Gasteiger charge is 2.17. The van der Waals surface area contributed by atoms with E-state index in [0.29, 0.717) is 12.2 Å². The van der Waals surface area contributed by atoms with Crippen LogP contribution in [0.3, 0.4) is 0 Å². The van der Waals surface area contributed by atoms with Crippen molar-refractivity contribution in [3.05, 3.63) is 42.2 Å². The third-order valence-electron chi connectivity index (χ3n) is 3.38. The van der Waals surface area contributed by atoms with Crippen molar-refractivity contribution in [2.24, 2.45) is 0 Å². The molecule has 4 nitrogen and oxygen atoms in total. The lowest BCUT2D eigenvalue weighted by Gasteiger charge is -2.10. The number of carbonyl (C=O) groups excluding carboxylic acids is 1. The van der Waals surface area contributed by atoms with Gasteiger partial charge in [0.15, 0.2) is 0 Å². The lowest BCUT2D eigenvalue weighted by atomic mass is 10.1. The van der Waals surface area contributed by atoms with Crippen LogP contribution < -0.4 is 5.32 Å². The Morgan fingerprint density at radius 1 is 1.37 bits per heavy atom. The van der Waals surface area contributed by atoms with Crippen molar-refractivity contribution in [1.29, 1.82) is 0 Å². The summed E-state index contributed by atoms with van der Waals surface area (Å²) in [5.74, 6) is -0.138. The third-order valence-corrected chi connectivity index (χ3v) is 3.38. The van der Waals surface area contributed by atoms with Crippen molar-refractivity contribution >= 4 is 16.7 Å². The van der Waals surface area contributed by atoms with E-state index in [1.165, 1.54) is 0 Å². The first kappa shape index (κ1) is 12.1. The maximum Gasteiger partial charge on any atom is 0.269 e. The molecular weight excluding hydrogens is 240 g/mol. The molecule has 19 heavy (non-hydrogen) atoms. The predicted molar refractivity (Wildman–Crippen MR) is 73.1 cm³/mol. The van der Waals surface area contributed by atoms with E-state index < -0.39 is 0 Å². The van der Waals surface area contributed by atoms with E-state index in [-0.39, 0.29) is 12.0 Å². The van der Waals surface area contributed by atoms with E-state index in [0.717, 1.165) is 30.2 Å². The van der Waals surface area contributed by atoms with Gasteiger partial charge < -0.3 is 10.1 Å². The van der Waals surface area contributed by atoms with Gasteiger partial charge in [0.05, 0.1) is 6.10 Å². The highest BCUT2D eigenvalue weighted by Crippen LogP contribution is 2.14. The van der Waals surface area contributed by atoms with Crippen LogP contribution in [0.1, 0.15) is 23.3 Å². The van der Waals surface area contributed by atoms with Crippen LogP contribution >= 0.6 is 0 Å². The molecule has 0 radical (unpaired) electrons. The molecule has 0 saturated carbocycles. The zero-order chi connectivity index (χ0) is 13.1. The zero-order valence-electron chi connectivity index (χ0n) is 10.6. The summed E-state index contributed by atoms with van der Waals surface area (Å²) < 4.78 is 5.47. The SMILES string of the molecule is O=C(NCC1CCCO1)c1cc2ccccc2cn1. The van der Waals surface area contributed by atoms with Gasteiger partial charge in [0, 0.05) is 24.7 Å². The molecule has 4 heteroatoms. The van der Waals surface area contributed by atoms with Crippen molar-refractivity contribution in [2.75, 3.05) is 13.2 Å². The molecule has 1 aromatic carbocycles. The Morgan fingerprint density at radius 3 is 3.00 bits per heavy atom. The monoisotopic (exact) mass is 256 g/mol. The standard InChI is InChI=1S/C15H16N2O2/c18-15(17-10-13-6-3-7-19-13)14-8-11-4-1-2-5-12(11)9-16-14/h1-2,4-5,8-9,13H,3,6-7,10H2,(H,17,18). The zero-order valence-corrected chi connectivity index (χ0v) is 10.6. The van der Waals surface area contributed by atoms with Gasteiger partial charge in [-0.15, -0.1) is 0 Å². The number of hydrogen-bond donors (Lipinski definition) is 1. The molecule has 1 aliphatic heterocycles. The molecule has 1 amide bonds. The van der Waals surface area contributed by atoms with Crippen LogP contribution in [-0.4, -0.2) is 30.1 Å². The smallest absolute Gasteiger partial charge is 0.269 e. The second kappa shape index (κ2) is 5.36. The molecule has 1 unspecified atom stereocenters. The second-order valence-corrected chi connectivity index (χ2v) is 4.76. The fourth-order valence-corrected chi connectivity index (χ4v) is 2.31. The molecule has 2 heterocycles. The Morgan fingerprint density at radius 2 is 2.21 bits per heavy atom. The van der Waals surface area contributed by atoms with Crippen LogP contribution in [0.25, 0.3) is 10.8 Å². The Balaban J connectivity index is 1.70. The van der Waals surface area contributed by atoms with Crippen LogP contribution in [0.15, 0.2) is 36.5 Å². The Hall–Kier alpha value is -1.94. The molecule has 0 spiro atoms. The van der Waals surface area contributed by atoms with E-state index in [1.54, 1.807) is 6.20 Å². The van der Waals surface area contributed by atoms with Crippen molar-refractivity contribution in [1.82, 2.24) is 10.3 Å². The van der Waals surface area contributed by atoms with Gasteiger partial charge in [0.1, 0.15) is 5.69 Å². The molecule has 1 N–H and O–H groups in total. The van der Waals surface area contributed by atoms with Gasteiger partial charge in [-0.1, -0.05) is 24.3 Å². The molecule has 0 bridgehead atoms. The van der Waals surface area contributed by atoms with E-state index in [2.05, 4.69) is 10.3 Å². The number of fused-ring (bicyclic) bond motifs is 1. The minimum Gasteiger partial charge on any atom is -0.376 e. The van der Waals surface area contributed by atoms with Gasteiger partial charge >= 0.3 is 0 Å². The minimum atomic E-state index is -0.138. The van der Waals surface area contributed by atoms with Crippen LogP contribution in [-0.2, 0) is 4.74 Å². The lowest BCUT2D eigenvalue weighted by molar-refractivity contribution is 0.0854. The topological polar surface area (TPSA) is 51.2 Å². The largest absolute Gasteiger partial charge is 0.376 e. The first-order valence-corrected chi connectivity index (χ1v) is 6.57. The van der Waals surface area contributed by atoms with Crippen molar-refractivity contribution in [3.8, 4) is 0 Å². The van der Waals surface area contributed by atoms with Gasteiger partial charge in [-0.25, -0.2) is 0 Å². The lowest BCUT2D eigenvalue weighted by Crippen LogP contribution is -2.32. The number of amides is 1. The van der Waals surface area contributed by atoms with Gasteiger partial charge in [0.25, 0.3) is 5.91 Å². The van der Waals surface area contributed by atoms with Crippen molar-refractivity contribution < 1.29 is 9.53 Å². The molecule has 1 aliphatic rings. The maximum atomic E-state index is 12.0. The van der Waals surface area contributed by atoms with Gasteiger partial charge in [-0.2, -0.15) is 0 Å². The number of nitrogens with one attached hydrogen (secondary N) is 1. The van der Waals surface area contributed by atoms with E-state index in [4.69, 9.17) is 4.74 Å². The quantitative estimate of drug-likeness (QED) is 0.915. The number of ether oxygens (including phenoxy) is 1. The summed E-state index contributed by atoms with van der Waals surface area (Å²) in [5, 5.41) is 4.95. The van der Waals surface area contributed by atoms with Crippen molar-refractivity contribution in [3.63, 3.8) is 0 Å². The summed E-state index contributed by atoms with van der Waals surface area (Å²) >= 11 is 0. The summed E-state index contributed by atoms with van der Waals surface area (Å²) in [5.41, 5.74) is 0.455. The van der Waals surface area contributed by atoms with Gasteiger partial charge in [0.2, 0.25) is 0 Å². The van der Waals surface area contributed by atoms with E-state index in [1.807, 2.05) is 30.3 Å². The predicted octanol–water partition coefficient (Wildman–Crippen LogP) is 2.14. The summed E-state index contributed by atoms with van der Waals surface area (Å²) in [6, 6.07) is 9.70. The number of carbonyl (C=O) groups is 1. The van der Waals surface area contributed by atoms with Crippen LogP contribution in [0, 0.1) is 0 Å². The fraction of sp³-hybridized carbons (Fsp3) is 0.333. The summed E-state index contributed by atoms with van der Waals surface area (Å²) in [6.07, 6.45) is 3.99. The summed E-state index contributed by atoms with van der Waals surface area (Å²) in [4.78, 5) is 16.2. The van der Waals surface area contributed by atoms with Crippen LogP contribution in [0.4, 0.5) is 0 Å². The number of rotatable bonds is 3. The Labute approximate surface area is 111 Å². The third kappa shape index (κ3) is 2.74. The normalized spacial score (nSPS) is 18.6. The average molecular weight is 256 g/mol. The van der Waals surface area contributed by atoms with Gasteiger partial charge in [-0.3, -0.25) is 9.78 Å². The first-order valence-electron chi connectivity index (χ1n) is 6.57. The molecule has 2 aromatic rings. The number of nitrogens with zero attached hydrogens (tertiary/aromatic N) is 1. The molecule has 1 aromatic heterocycles. The summed E-state index contributed by atoms with van der Waals surface area (Å²) in [6.45, 7) is 1.36. The molecule has 1 atom stereocenters. The fourth-order valence-electron chi connectivity index (χ4n) is 2.31. The molecule has 0 aliphatic carbocycles. The van der Waals surface area contributed by atoms with E-state index >= 15 is 0 Å². The molecular formula is C15H16N2O2. The maximum absolute atomic E-state index is 12.0. The Kier molecular flexibility index (Phi) is 3.42. The van der Waals surface area contributed by atoms with Crippen molar-refractivity contribution in [2.45, 2.75) is 18.9 Å². The average Bonchev–Trinajstić information content (AvgIpc) is 2.97. The molecule has 98 valence electrons. The molecule has 1 fully saturated rings. The summed E-state index contributed by atoms with van der Waals surface area (Å²) in [7, 11) is 0. The van der Waals surface area contributed by atoms with Crippen LogP contribution in [0.2, 0.25) is 0 Å². The van der Waals surface area contributed by atoms with Crippen LogP contribution in [0.5, 0.6) is 0 Å². The minimum absolute atomic E-state index is 0.138. The molecule has 3 rings (SSSR count). The Bertz CT molecular complexity index is 591. The number of hydrogen-bond acceptors (Lipinski definition) is 3. The van der Waals surface area contributed by atoms with E-state index in [9.17, 15) is 4.79 Å². The highest BCUT2D eigenvalue weighted by atomic mass is 16.5. The first-order chi connectivity index (χ1) is 9.33. The number of aromatic nitrogens is 1. The van der Waals surface area contributed by atoms with Gasteiger partial charge in [-0.05, 0) is 24.3 Å². The number of pyridine rings is 1. The number of benzene rings is 1. The molecule has 1 saturated heterocycles. The highest BCUT2D eigenvalue weighted by molar-refractivity contribution is 5.96.